The number of fused-ring (bicyclic) bond motifs is 1. The Labute approximate surface area is 124 Å². The van der Waals surface area contributed by atoms with Gasteiger partial charge < -0.3 is 10.2 Å². The highest BCUT2D eigenvalue weighted by atomic mass is 32.1. The molecule has 1 aliphatic heterocycles. The van der Waals surface area contributed by atoms with E-state index in [1.54, 1.807) is 16.3 Å². The Hall–Kier alpha value is -2.22. The molecule has 2 aromatic rings. The van der Waals surface area contributed by atoms with Gasteiger partial charge in [0.15, 0.2) is 0 Å². The average Bonchev–Trinajstić information content (AvgIpc) is 2.84. The largest absolute Gasteiger partial charge is 0.354 e. The van der Waals surface area contributed by atoms with Gasteiger partial charge in [-0.05, 0) is 11.4 Å². The molecule has 3 heterocycles. The summed E-state index contributed by atoms with van der Waals surface area (Å²) in [6.07, 6.45) is 1.70. The van der Waals surface area contributed by atoms with Gasteiger partial charge in [0, 0.05) is 26.1 Å². The molecule has 0 aromatic carbocycles. The van der Waals surface area contributed by atoms with Crippen LogP contribution in [0.15, 0.2) is 22.6 Å². The third-order valence-electron chi connectivity index (χ3n) is 3.42. The van der Waals surface area contributed by atoms with Gasteiger partial charge in [-0.25, -0.2) is 4.98 Å². The molecule has 1 N–H and O–H groups in total. The molecule has 0 atom stereocenters. The van der Waals surface area contributed by atoms with E-state index in [4.69, 9.17) is 0 Å². The zero-order chi connectivity index (χ0) is 14.8. The summed E-state index contributed by atoms with van der Waals surface area (Å²) in [5.74, 6) is -0.228. The topological polar surface area (TPSA) is 84.3 Å². The van der Waals surface area contributed by atoms with Crippen molar-refractivity contribution in [2.24, 2.45) is 0 Å². The number of rotatable bonds is 2. The van der Waals surface area contributed by atoms with Crippen LogP contribution in [0.25, 0.3) is 10.2 Å². The molecule has 110 valence electrons. The lowest BCUT2D eigenvalue weighted by molar-refractivity contribution is -0.131. The summed E-state index contributed by atoms with van der Waals surface area (Å²) in [6, 6.07) is 1.71. The highest BCUT2D eigenvalue weighted by molar-refractivity contribution is 7.16. The predicted octanol–water partition coefficient (Wildman–Crippen LogP) is -0.194. The zero-order valence-corrected chi connectivity index (χ0v) is 12.1. The van der Waals surface area contributed by atoms with Crippen LogP contribution in [0.2, 0.25) is 0 Å². The molecular weight excluding hydrogens is 292 g/mol. The summed E-state index contributed by atoms with van der Waals surface area (Å²) in [6.45, 7) is 1.24. The number of thiophene rings is 1. The first-order chi connectivity index (χ1) is 10.1. The number of hydrogen-bond donors (Lipinski definition) is 1. The van der Waals surface area contributed by atoms with Crippen molar-refractivity contribution in [1.82, 2.24) is 19.8 Å². The Bertz CT molecular complexity index is 751. The minimum atomic E-state index is -0.210. The van der Waals surface area contributed by atoms with Crippen molar-refractivity contribution >= 4 is 33.4 Å². The van der Waals surface area contributed by atoms with E-state index in [0.29, 0.717) is 36.3 Å². The molecule has 2 amide bonds. The van der Waals surface area contributed by atoms with Crippen molar-refractivity contribution in [2.45, 2.75) is 13.0 Å². The number of hydrogen-bond acceptors (Lipinski definition) is 5. The Morgan fingerprint density at radius 2 is 2.24 bits per heavy atom. The molecular formula is C13H14N4O3S. The molecule has 3 rings (SSSR count). The first-order valence-corrected chi connectivity index (χ1v) is 7.50. The Morgan fingerprint density at radius 3 is 3.10 bits per heavy atom. The molecule has 1 saturated heterocycles. The van der Waals surface area contributed by atoms with Gasteiger partial charge in [0.2, 0.25) is 11.8 Å². The molecule has 0 saturated carbocycles. The lowest BCUT2D eigenvalue weighted by Crippen LogP contribution is -2.38. The quantitative estimate of drug-likeness (QED) is 0.833. The fourth-order valence-electron chi connectivity index (χ4n) is 2.27. The summed E-state index contributed by atoms with van der Waals surface area (Å²) in [4.78, 5) is 42.2. The number of nitrogens with one attached hydrogen (secondary N) is 1. The molecule has 0 spiro atoms. The highest BCUT2D eigenvalue weighted by Crippen LogP contribution is 2.13. The van der Waals surface area contributed by atoms with Crippen LogP contribution < -0.4 is 10.9 Å². The smallest absolute Gasteiger partial charge is 0.262 e. The van der Waals surface area contributed by atoms with Crippen LogP contribution in [0, 0.1) is 0 Å². The van der Waals surface area contributed by atoms with Gasteiger partial charge in [-0.15, -0.1) is 11.3 Å². The molecule has 2 aromatic heterocycles. The average molecular weight is 306 g/mol. The van der Waals surface area contributed by atoms with Gasteiger partial charge in [-0.3, -0.25) is 19.0 Å². The fourth-order valence-corrected chi connectivity index (χ4v) is 2.99. The van der Waals surface area contributed by atoms with Gasteiger partial charge in [0.05, 0.1) is 11.7 Å². The first-order valence-electron chi connectivity index (χ1n) is 6.62. The van der Waals surface area contributed by atoms with Crippen LogP contribution in [0.1, 0.15) is 6.42 Å². The van der Waals surface area contributed by atoms with Crippen LogP contribution in [0.3, 0.4) is 0 Å². The van der Waals surface area contributed by atoms with Gasteiger partial charge in [-0.2, -0.15) is 0 Å². The van der Waals surface area contributed by atoms with E-state index < -0.39 is 0 Å². The first kappa shape index (κ1) is 13.7. The van der Waals surface area contributed by atoms with Gasteiger partial charge in [0.1, 0.15) is 11.4 Å². The second kappa shape index (κ2) is 5.65. The van der Waals surface area contributed by atoms with E-state index in [9.17, 15) is 14.4 Å². The molecule has 1 aliphatic rings. The molecule has 0 aliphatic carbocycles. The van der Waals surface area contributed by atoms with Crippen molar-refractivity contribution in [1.29, 1.82) is 0 Å². The van der Waals surface area contributed by atoms with E-state index in [2.05, 4.69) is 10.3 Å². The predicted molar refractivity (Wildman–Crippen MR) is 78.1 cm³/mol. The second-order valence-corrected chi connectivity index (χ2v) is 5.69. The summed E-state index contributed by atoms with van der Waals surface area (Å²) < 4.78 is 1.32. The third-order valence-corrected chi connectivity index (χ3v) is 4.24. The second-order valence-electron chi connectivity index (χ2n) is 4.80. The highest BCUT2D eigenvalue weighted by Gasteiger charge is 2.19. The minimum Gasteiger partial charge on any atom is -0.354 e. The lowest BCUT2D eigenvalue weighted by atomic mass is 10.3. The van der Waals surface area contributed by atoms with Crippen molar-refractivity contribution in [2.75, 3.05) is 19.6 Å². The molecule has 7 nitrogen and oxygen atoms in total. The number of carbonyl (C=O) groups excluding carboxylic acids is 2. The number of amides is 2. The van der Waals surface area contributed by atoms with Gasteiger partial charge >= 0.3 is 0 Å². The van der Waals surface area contributed by atoms with Crippen LogP contribution in [-0.4, -0.2) is 45.9 Å². The molecule has 0 radical (unpaired) electrons. The third kappa shape index (κ3) is 2.80. The number of aromatic nitrogens is 2. The van der Waals surface area contributed by atoms with E-state index in [1.807, 2.05) is 0 Å². The van der Waals surface area contributed by atoms with Crippen LogP contribution in [0.4, 0.5) is 0 Å². The number of nitrogens with zero attached hydrogens (tertiary/aromatic N) is 3. The van der Waals surface area contributed by atoms with Crippen molar-refractivity contribution in [3.63, 3.8) is 0 Å². The van der Waals surface area contributed by atoms with Crippen LogP contribution in [0.5, 0.6) is 0 Å². The SMILES string of the molecule is O=C1CCN(C(=O)Cn2cnc3sccc3c2=O)CCN1. The zero-order valence-electron chi connectivity index (χ0n) is 11.2. The maximum atomic E-state index is 12.3. The summed E-state index contributed by atoms with van der Waals surface area (Å²) in [7, 11) is 0. The Morgan fingerprint density at radius 1 is 1.38 bits per heavy atom. The lowest BCUT2D eigenvalue weighted by Gasteiger charge is -2.19. The minimum absolute atomic E-state index is 0.0498. The van der Waals surface area contributed by atoms with E-state index in [0.717, 1.165) is 0 Å². The molecule has 1 fully saturated rings. The maximum absolute atomic E-state index is 12.3. The van der Waals surface area contributed by atoms with Crippen molar-refractivity contribution in [3.8, 4) is 0 Å². The number of carbonyl (C=O) groups is 2. The molecule has 8 heteroatoms. The summed E-state index contributed by atoms with van der Waals surface area (Å²) in [5, 5.41) is 5.05. The summed E-state index contributed by atoms with van der Waals surface area (Å²) >= 11 is 1.39. The maximum Gasteiger partial charge on any atom is 0.262 e. The normalized spacial score (nSPS) is 15.8. The van der Waals surface area contributed by atoms with Crippen LogP contribution in [-0.2, 0) is 16.1 Å². The standard InChI is InChI=1S/C13H14N4O3S/c18-10-1-4-16(5-3-14-10)11(19)7-17-8-15-12-9(13(17)20)2-6-21-12/h2,6,8H,1,3-5,7H2,(H,14,18). The molecule has 0 unspecified atom stereocenters. The summed E-state index contributed by atoms with van der Waals surface area (Å²) in [5.41, 5.74) is -0.210. The molecule has 0 bridgehead atoms. The van der Waals surface area contributed by atoms with E-state index in [-0.39, 0.29) is 23.9 Å². The van der Waals surface area contributed by atoms with Gasteiger partial charge in [-0.1, -0.05) is 0 Å². The monoisotopic (exact) mass is 306 g/mol. The van der Waals surface area contributed by atoms with Crippen LogP contribution >= 0.6 is 11.3 Å². The van der Waals surface area contributed by atoms with Crippen molar-refractivity contribution < 1.29 is 9.59 Å². The van der Waals surface area contributed by atoms with Crippen molar-refractivity contribution in [3.05, 3.63) is 28.1 Å². The Kier molecular flexibility index (Phi) is 3.70. The molecule has 21 heavy (non-hydrogen) atoms. The Balaban J connectivity index is 1.78. The van der Waals surface area contributed by atoms with E-state index in [1.165, 1.54) is 22.2 Å². The fraction of sp³-hybridized carbons (Fsp3) is 0.385. The van der Waals surface area contributed by atoms with Gasteiger partial charge in [0.25, 0.3) is 5.56 Å². The van der Waals surface area contributed by atoms with E-state index >= 15 is 0 Å².